The van der Waals surface area contributed by atoms with Gasteiger partial charge in [0, 0.05) is 17.7 Å². The molecule has 2 rings (SSSR count). The van der Waals surface area contributed by atoms with Crippen LogP contribution >= 0.6 is 12.2 Å². The molecule has 22 heavy (non-hydrogen) atoms. The third-order valence-corrected chi connectivity index (χ3v) is 2.91. The van der Waals surface area contributed by atoms with E-state index in [4.69, 9.17) is 12.2 Å². The number of aromatic amines is 1. The fourth-order valence-corrected chi connectivity index (χ4v) is 1.70. The van der Waals surface area contributed by atoms with Crippen molar-refractivity contribution in [3.63, 3.8) is 0 Å². The van der Waals surface area contributed by atoms with Crippen LogP contribution in [0.25, 0.3) is 0 Å². The Kier molecular flexibility index (Phi) is 3.99. The number of hydrogen-bond donors (Lipinski definition) is 3. The summed E-state index contributed by atoms with van der Waals surface area (Å²) in [6.45, 7) is 1.45. The van der Waals surface area contributed by atoms with Crippen molar-refractivity contribution >= 4 is 24.1 Å². The first kappa shape index (κ1) is 15.3. The number of nitrogens with one attached hydrogen (secondary N) is 1. The van der Waals surface area contributed by atoms with E-state index in [0.29, 0.717) is 0 Å². The quantitative estimate of drug-likeness (QED) is 0.328. The molecule has 0 aliphatic carbocycles. The second-order valence-electron chi connectivity index (χ2n) is 4.13. The predicted octanol–water partition coefficient (Wildman–Crippen LogP) is 0.811. The second-order valence-corrected chi connectivity index (χ2v) is 4.52. The molecule has 0 radical (unpaired) electrons. The van der Waals surface area contributed by atoms with Gasteiger partial charge in [-0.05, 0) is 19.1 Å². The molecule has 1 heterocycles. The van der Waals surface area contributed by atoms with E-state index in [1.807, 2.05) is 0 Å². The Labute approximate surface area is 127 Å². The van der Waals surface area contributed by atoms with Gasteiger partial charge in [-0.2, -0.15) is 14.9 Å². The van der Waals surface area contributed by atoms with Crippen molar-refractivity contribution < 1.29 is 15.1 Å². The third kappa shape index (κ3) is 2.83. The SMILES string of the molecule is Cc1n[nH]c(=S)n(/N=C/c2cc([N+](=O)[O-])c(O)cc2O)c1=O. The molecule has 0 aliphatic heterocycles. The number of rotatable bonds is 3. The number of aromatic hydroxyl groups is 2. The van der Waals surface area contributed by atoms with Crippen molar-refractivity contribution in [3.8, 4) is 11.5 Å². The molecule has 0 saturated heterocycles. The van der Waals surface area contributed by atoms with Gasteiger partial charge in [-0.3, -0.25) is 20.0 Å². The van der Waals surface area contributed by atoms with Crippen molar-refractivity contribution in [2.75, 3.05) is 0 Å². The molecule has 114 valence electrons. The molecular formula is C11H9N5O5S. The zero-order chi connectivity index (χ0) is 16.4. The van der Waals surface area contributed by atoms with E-state index < -0.39 is 27.7 Å². The van der Waals surface area contributed by atoms with Crippen LogP contribution in [0, 0.1) is 21.8 Å². The molecule has 0 atom stereocenters. The Hall–Kier alpha value is -3.08. The summed E-state index contributed by atoms with van der Waals surface area (Å²) < 4.78 is 0.732. The Morgan fingerprint density at radius 2 is 2.14 bits per heavy atom. The number of phenols is 2. The van der Waals surface area contributed by atoms with Gasteiger partial charge >= 0.3 is 5.69 Å². The van der Waals surface area contributed by atoms with E-state index in [9.17, 15) is 25.1 Å². The Bertz CT molecular complexity index is 901. The average Bonchev–Trinajstić information content (AvgIpc) is 2.44. The van der Waals surface area contributed by atoms with Crippen LogP contribution < -0.4 is 5.56 Å². The van der Waals surface area contributed by atoms with E-state index in [0.717, 1.165) is 23.0 Å². The Morgan fingerprint density at radius 1 is 1.45 bits per heavy atom. The molecule has 1 aromatic heterocycles. The Balaban J connectivity index is 2.54. The summed E-state index contributed by atoms with van der Waals surface area (Å²) in [7, 11) is 0. The lowest BCUT2D eigenvalue weighted by atomic mass is 10.2. The minimum absolute atomic E-state index is 0.0692. The minimum atomic E-state index is -0.818. The second kappa shape index (κ2) is 5.73. The molecular weight excluding hydrogens is 314 g/mol. The summed E-state index contributed by atoms with van der Waals surface area (Å²) in [6.07, 6.45) is 1.01. The number of hydrogen-bond acceptors (Lipinski definition) is 8. The third-order valence-electron chi connectivity index (χ3n) is 2.65. The zero-order valence-electron chi connectivity index (χ0n) is 11.0. The molecule has 0 spiro atoms. The maximum Gasteiger partial charge on any atom is 0.311 e. The zero-order valence-corrected chi connectivity index (χ0v) is 11.9. The number of benzene rings is 1. The normalized spacial score (nSPS) is 11.0. The average molecular weight is 323 g/mol. The van der Waals surface area contributed by atoms with Crippen molar-refractivity contribution in [2.24, 2.45) is 5.10 Å². The van der Waals surface area contributed by atoms with Gasteiger partial charge in [-0.1, -0.05) is 0 Å². The summed E-state index contributed by atoms with van der Waals surface area (Å²) in [5.41, 5.74) is -1.14. The van der Waals surface area contributed by atoms with Crippen LogP contribution in [0.1, 0.15) is 11.3 Å². The standard InChI is InChI=1S/C11H9N5O5S/c1-5-10(19)15(11(22)14-13-5)12-4-6-2-7(16(20)21)9(18)3-8(6)17/h2-4,17-18H,1H3,(H,14,22)/b12-4+. The molecule has 2 aromatic rings. The molecule has 1 aromatic carbocycles. The summed E-state index contributed by atoms with van der Waals surface area (Å²) in [5, 5.41) is 39.6. The van der Waals surface area contributed by atoms with E-state index in [1.165, 1.54) is 6.92 Å². The molecule has 0 bridgehead atoms. The molecule has 0 amide bonds. The van der Waals surface area contributed by atoms with Crippen LogP contribution in [0.4, 0.5) is 5.69 Å². The van der Waals surface area contributed by atoms with Crippen molar-refractivity contribution in [1.82, 2.24) is 14.9 Å². The molecule has 0 unspecified atom stereocenters. The van der Waals surface area contributed by atoms with E-state index in [2.05, 4.69) is 15.3 Å². The smallest absolute Gasteiger partial charge is 0.311 e. The summed E-state index contributed by atoms with van der Waals surface area (Å²) >= 11 is 4.86. The minimum Gasteiger partial charge on any atom is -0.507 e. The van der Waals surface area contributed by atoms with Gasteiger partial charge in [0.1, 0.15) is 11.4 Å². The van der Waals surface area contributed by atoms with Crippen LogP contribution in [-0.2, 0) is 0 Å². The monoisotopic (exact) mass is 323 g/mol. The van der Waals surface area contributed by atoms with Gasteiger partial charge < -0.3 is 10.2 Å². The molecule has 0 saturated carbocycles. The van der Waals surface area contributed by atoms with Gasteiger partial charge in [0.05, 0.1) is 11.1 Å². The molecule has 10 nitrogen and oxygen atoms in total. The predicted molar refractivity (Wildman–Crippen MR) is 77.8 cm³/mol. The number of nitro benzene ring substituents is 1. The molecule has 11 heteroatoms. The highest BCUT2D eigenvalue weighted by atomic mass is 32.1. The van der Waals surface area contributed by atoms with Gasteiger partial charge in [0.2, 0.25) is 4.77 Å². The first-order valence-electron chi connectivity index (χ1n) is 5.74. The summed E-state index contributed by atoms with van der Waals surface area (Å²) in [5.74, 6) is -1.13. The largest absolute Gasteiger partial charge is 0.507 e. The maximum absolute atomic E-state index is 11.8. The molecule has 0 aliphatic rings. The van der Waals surface area contributed by atoms with Crippen molar-refractivity contribution in [3.05, 3.63) is 48.6 Å². The van der Waals surface area contributed by atoms with Crippen molar-refractivity contribution in [1.29, 1.82) is 0 Å². The number of aromatic nitrogens is 3. The van der Waals surface area contributed by atoms with Crippen LogP contribution in [0.2, 0.25) is 0 Å². The van der Waals surface area contributed by atoms with Gasteiger partial charge in [0.15, 0.2) is 5.75 Å². The number of H-pyrrole nitrogens is 1. The van der Waals surface area contributed by atoms with Gasteiger partial charge in [0.25, 0.3) is 5.56 Å². The number of nitrogens with zero attached hydrogens (tertiary/aromatic N) is 4. The summed E-state index contributed by atoms with van der Waals surface area (Å²) in [6, 6.07) is 1.72. The lowest BCUT2D eigenvalue weighted by Crippen LogP contribution is -2.22. The highest BCUT2D eigenvalue weighted by Gasteiger charge is 2.16. The first-order valence-corrected chi connectivity index (χ1v) is 6.15. The maximum atomic E-state index is 11.8. The van der Waals surface area contributed by atoms with Crippen LogP contribution in [-0.4, -0.2) is 36.2 Å². The van der Waals surface area contributed by atoms with Crippen LogP contribution in [0.3, 0.4) is 0 Å². The van der Waals surface area contributed by atoms with E-state index >= 15 is 0 Å². The van der Waals surface area contributed by atoms with Gasteiger partial charge in [-0.15, -0.1) is 0 Å². The van der Waals surface area contributed by atoms with E-state index in [1.54, 1.807) is 0 Å². The fourth-order valence-electron chi connectivity index (χ4n) is 1.53. The summed E-state index contributed by atoms with van der Waals surface area (Å²) in [4.78, 5) is 21.7. The number of phenolic OH excluding ortho intramolecular Hbond substituents is 2. The highest BCUT2D eigenvalue weighted by molar-refractivity contribution is 7.71. The number of nitro groups is 1. The molecule has 3 N–H and O–H groups in total. The van der Waals surface area contributed by atoms with E-state index in [-0.39, 0.29) is 16.0 Å². The highest BCUT2D eigenvalue weighted by Crippen LogP contribution is 2.31. The van der Waals surface area contributed by atoms with Crippen molar-refractivity contribution in [2.45, 2.75) is 6.92 Å². The molecule has 0 fully saturated rings. The fraction of sp³-hybridized carbons (Fsp3) is 0.0909. The number of aryl methyl sites for hydroxylation is 1. The topological polar surface area (TPSA) is 147 Å². The lowest BCUT2D eigenvalue weighted by molar-refractivity contribution is -0.385. The van der Waals surface area contributed by atoms with Gasteiger partial charge in [-0.25, -0.2) is 0 Å². The van der Waals surface area contributed by atoms with Crippen LogP contribution in [0.5, 0.6) is 11.5 Å². The Morgan fingerprint density at radius 3 is 2.77 bits per heavy atom. The first-order chi connectivity index (χ1) is 10.3. The lowest BCUT2D eigenvalue weighted by Gasteiger charge is -2.02. The van der Waals surface area contributed by atoms with Crippen LogP contribution in [0.15, 0.2) is 22.0 Å².